The third-order valence-electron chi connectivity index (χ3n) is 2.68. The fourth-order valence-electron chi connectivity index (χ4n) is 1.60. The van der Waals surface area contributed by atoms with Crippen molar-refractivity contribution < 1.29 is 17.9 Å². The van der Waals surface area contributed by atoms with Crippen LogP contribution in [0, 0.1) is 5.82 Å². The minimum atomic E-state index is -4.01. The second-order valence-electron chi connectivity index (χ2n) is 4.14. The summed E-state index contributed by atoms with van der Waals surface area (Å²) in [4.78, 5) is -0.149. The van der Waals surface area contributed by atoms with Gasteiger partial charge in [0.15, 0.2) is 0 Å². The van der Waals surface area contributed by atoms with Crippen LogP contribution < -0.4 is 4.72 Å². The number of hydrogen-bond acceptors (Lipinski definition) is 3. The van der Waals surface area contributed by atoms with Gasteiger partial charge in [0.1, 0.15) is 5.82 Å². The summed E-state index contributed by atoms with van der Waals surface area (Å²) in [7, 11) is -4.01. The molecule has 2 N–H and O–H groups in total. The van der Waals surface area contributed by atoms with Gasteiger partial charge in [0.05, 0.1) is 17.2 Å². The van der Waals surface area contributed by atoms with Crippen LogP contribution in [-0.2, 0) is 16.6 Å². The number of benzene rings is 2. The van der Waals surface area contributed by atoms with Crippen molar-refractivity contribution in [3.63, 3.8) is 0 Å². The summed E-state index contributed by atoms with van der Waals surface area (Å²) >= 11 is 11.6. The predicted molar refractivity (Wildman–Crippen MR) is 79.6 cm³/mol. The molecule has 0 unspecified atom stereocenters. The maximum atomic E-state index is 13.6. The SMILES string of the molecule is O=S(=O)(Nc1cc(Cl)ccc1F)c1ccc(CO)c(Cl)c1. The number of rotatable bonds is 4. The van der Waals surface area contributed by atoms with Crippen molar-refractivity contribution in [2.75, 3.05) is 4.72 Å². The van der Waals surface area contributed by atoms with E-state index in [1.807, 2.05) is 0 Å². The Morgan fingerprint density at radius 1 is 1.14 bits per heavy atom. The highest BCUT2D eigenvalue weighted by molar-refractivity contribution is 7.92. The first-order valence-corrected chi connectivity index (χ1v) is 7.94. The number of anilines is 1. The van der Waals surface area contributed by atoms with Crippen molar-refractivity contribution in [3.8, 4) is 0 Å². The van der Waals surface area contributed by atoms with Crippen LogP contribution in [0.4, 0.5) is 10.1 Å². The van der Waals surface area contributed by atoms with E-state index in [9.17, 15) is 12.8 Å². The summed E-state index contributed by atoms with van der Waals surface area (Å²) in [5, 5.41) is 9.30. The van der Waals surface area contributed by atoms with E-state index in [2.05, 4.69) is 4.72 Å². The Hall–Kier alpha value is -1.34. The average molecular weight is 350 g/mol. The molecule has 2 rings (SSSR count). The van der Waals surface area contributed by atoms with Crippen molar-refractivity contribution >= 4 is 38.9 Å². The van der Waals surface area contributed by atoms with Gasteiger partial charge in [-0.15, -0.1) is 0 Å². The first-order chi connectivity index (χ1) is 9.83. The van der Waals surface area contributed by atoms with Crippen molar-refractivity contribution in [3.05, 3.63) is 57.8 Å². The lowest BCUT2D eigenvalue weighted by Crippen LogP contribution is -2.14. The van der Waals surface area contributed by atoms with Gasteiger partial charge in [0.2, 0.25) is 0 Å². The molecule has 0 aliphatic carbocycles. The van der Waals surface area contributed by atoms with Crippen molar-refractivity contribution in [1.29, 1.82) is 0 Å². The molecule has 0 fully saturated rings. The van der Waals surface area contributed by atoms with E-state index in [4.69, 9.17) is 28.3 Å². The van der Waals surface area contributed by atoms with Gasteiger partial charge in [-0.05, 0) is 35.9 Å². The average Bonchev–Trinajstić information content (AvgIpc) is 2.42. The monoisotopic (exact) mass is 349 g/mol. The lowest BCUT2D eigenvalue weighted by Gasteiger charge is -2.10. The third kappa shape index (κ3) is 3.65. The molecule has 0 radical (unpaired) electrons. The molecule has 0 aliphatic rings. The Bertz CT molecular complexity index is 781. The van der Waals surface area contributed by atoms with Crippen LogP contribution in [-0.4, -0.2) is 13.5 Å². The molecule has 2 aromatic rings. The highest BCUT2D eigenvalue weighted by Gasteiger charge is 2.18. The lowest BCUT2D eigenvalue weighted by atomic mass is 10.2. The summed E-state index contributed by atoms with van der Waals surface area (Å²) < 4.78 is 40.0. The molecular weight excluding hydrogens is 340 g/mol. The topological polar surface area (TPSA) is 66.4 Å². The van der Waals surface area contributed by atoms with E-state index in [0.717, 1.165) is 12.1 Å². The van der Waals surface area contributed by atoms with E-state index in [1.165, 1.54) is 24.3 Å². The zero-order valence-corrected chi connectivity index (χ0v) is 12.8. The molecule has 8 heteroatoms. The van der Waals surface area contributed by atoms with E-state index in [1.54, 1.807) is 0 Å². The number of aliphatic hydroxyl groups is 1. The fraction of sp³-hybridized carbons (Fsp3) is 0.0769. The van der Waals surface area contributed by atoms with Crippen molar-refractivity contribution in [2.45, 2.75) is 11.5 Å². The molecule has 0 saturated carbocycles. The van der Waals surface area contributed by atoms with Gasteiger partial charge in [-0.25, -0.2) is 12.8 Å². The maximum absolute atomic E-state index is 13.6. The summed E-state index contributed by atoms with van der Waals surface area (Å²) in [5.74, 6) is -0.749. The highest BCUT2D eigenvalue weighted by atomic mass is 35.5. The lowest BCUT2D eigenvalue weighted by molar-refractivity contribution is 0.282. The van der Waals surface area contributed by atoms with Crippen LogP contribution in [0.25, 0.3) is 0 Å². The second kappa shape index (κ2) is 6.19. The molecule has 0 spiro atoms. The van der Waals surface area contributed by atoms with Crippen molar-refractivity contribution in [1.82, 2.24) is 0 Å². The van der Waals surface area contributed by atoms with Gasteiger partial charge in [-0.3, -0.25) is 4.72 Å². The summed E-state index contributed by atoms with van der Waals surface area (Å²) in [6.45, 7) is -0.310. The minimum Gasteiger partial charge on any atom is -0.392 e. The fourth-order valence-corrected chi connectivity index (χ4v) is 3.16. The Morgan fingerprint density at radius 2 is 1.86 bits per heavy atom. The van der Waals surface area contributed by atoms with Crippen LogP contribution in [0.2, 0.25) is 10.0 Å². The molecule has 21 heavy (non-hydrogen) atoms. The Morgan fingerprint density at radius 3 is 2.48 bits per heavy atom. The quantitative estimate of drug-likeness (QED) is 0.888. The normalized spacial score (nSPS) is 11.4. The molecular formula is C13H10Cl2FNO3S. The van der Waals surface area contributed by atoms with Gasteiger partial charge in [0, 0.05) is 10.0 Å². The Labute approximate surface area is 131 Å². The largest absolute Gasteiger partial charge is 0.392 e. The zero-order chi connectivity index (χ0) is 15.6. The molecule has 0 bridgehead atoms. The molecule has 0 atom stereocenters. The standard InChI is InChI=1S/C13H10Cl2FNO3S/c14-9-2-4-12(16)13(5-9)17-21(19,20)10-3-1-8(7-18)11(15)6-10/h1-6,17-18H,7H2. The minimum absolute atomic E-state index is 0.104. The van der Waals surface area contributed by atoms with Crippen LogP contribution in [0.5, 0.6) is 0 Å². The van der Waals surface area contributed by atoms with E-state index in [0.29, 0.717) is 5.56 Å². The summed E-state index contributed by atoms with van der Waals surface area (Å²) in [5.41, 5.74) is 0.134. The molecule has 0 amide bonds. The van der Waals surface area contributed by atoms with Gasteiger partial charge in [-0.1, -0.05) is 29.3 Å². The first kappa shape index (κ1) is 16.0. The molecule has 0 aromatic heterocycles. The van der Waals surface area contributed by atoms with Crippen LogP contribution in [0.1, 0.15) is 5.56 Å². The molecule has 0 saturated heterocycles. The van der Waals surface area contributed by atoms with Crippen LogP contribution in [0.3, 0.4) is 0 Å². The molecule has 0 heterocycles. The van der Waals surface area contributed by atoms with E-state index >= 15 is 0 Å². The number of nitrogens with one attached hydrogen (secondary N) is 1. The molecule has 4 nitrogen and oxygen atoms in total. The third-order valence-corrected chi connectivity index (χ3v) is 4.63. The molecule has 2 aromatic carbocycles. The smallest absolute Gasteiger partial charge is 0.262 e. The Balaban J connectivity index is 2.38. The zero-order valence-electron chi connectivity index (χ0n) is 10.5. The second-order valence-corrected chi connectivity index (χ2v) is 6.67. The van der Waals surface area contributed by atoms with Gasteiger partial charge < -0.3 is 5.11 Å². The first-order valence-electron chi connectivity index (χ1n) is 5.70. The van der Waals surface area contributed by atoms with Crippen LogP contribution >= 0.6 is 23.2 Å². The predicted octanol–water partition coefficient (Wildman–Crippen LogP) is 3.43. The van der Waals surface area contributed by atoms with Crippen molar-refractivity contribution in [2.24, 2.45) is 0 Å². The Kier molecular flexibility index (Phi) is 4.73. The molecule has 112 valence electrons. The maximum Gasteiger partial charge on any atom is 0.262 e. The van der Waals surface area contributed by atoms with Gasteiger partial charge in [-0.2, -0.15) is 0 Å². The van der Waals surface area contributed by atoms with E-state index in [-0.39, 0.29) is 27.2 Å². The number of sulfonamides is 1. The summed E-state index contributed by atoms with van der Waals surface area (Å²) in [6, 6.07) is 7.35. The van der Waals surface area contributed by atoms with Gasteiger partial charge in [0.25, 0.3) is 10.0 Å². The summed E-state index contributed by atoms with van der Waals surface area (Å²) in [6.07, 6.45) is 0. The number of halogens is 3. The highest BCUT2D eigenvalue weighted by Crippen LogP contribution is 2.25. The molecule has 0 aliphatic heterocycles. The van der Waals surface area contributed by atoms with Crippen LogP contribution in [0.15, 0.2) is 41.3 Å². The number of hydrogen-bond donors (Lipinski definition) is 2. The van der Waals surface area contributed by atoms with Gasteiger partial charge >= 0.3 is 0 Å². The number of aliphatic hydroxyl groups excluding tert-OH is 1. The van der Waals surface area contributed by atoms with E-state index < -0.39 is 15.8 Å².